The van der Waals surface area contributed by atoms with Crippen LogP contribution in [-0.2, 0) is 0 Å². The number of pyridine rings is 1. The van der Waals surface area contributed by atoms with Crippen molar-refractivity contribution >= 4 is 34.5 Å². The summed E-state index contributed by atoms with van der Waals surface area (Å²) in [5.74, 6) is -1.39. The van der Waals surface area contributed by atoms with Crippen molar-refractivity contribution in [3.63, 3.8) is 0 Å². The maximum absolute atomic E-state index is 14.3. The summed E-state index contributed by atoms with van der Waals surface area (Å²) in [5, 5.41) is 0.634. The van der Waals surface area contributed by atoms with Crippen LogP contribution in [0, 0.1) is 11.6 Å². The Bertz CT molecular complexity index is 1140. The molecule has 0 aliphatic carbocycles. The molecule has 0 aliphatic rings. The van der Waals surface area contributed by atoms with Gasteiger partial charge in [0.15, 0.2) is 5.78 Å². The number of carbonyl (C=O) groups is 1. The van der Waals surface area contributed by atoms with E-state index in [0.29, 0.717) is 27.2 Å². The van der Waals surface area contributed by atoms with Gasteiger partial charge in [0.2, 0.25) is 0 Å². The lowest BCUT2D eigenvalue weighted by Gasteiger charge is -2.08. The SMILES string of the molecule is O=C(c1cc(NSc2cccc(F)c2)ccc1F)c1c[nH]c2ncccc12. The fourth-order valence-corrected chi connectivity index (χ4v) is 3.38. The van der Waals surface area contributed by atoms with Gasteiger partial charge >= 0.3 is 0 Å². The van der Waals surface area contributed by atoms with E-state index < -0.39 is 11.6 Å². The number of H-pyrrole nitrogens is 1. The van der Waals surface area contributed by atoms with E-state index in [4.69, 9.17) is 0 Å². The van der Waals surface area contributed by atoms with E-state index in [1.165, 1.54) is 48.5 Å². The van der Waals surface area contributed by atoms with Crippen molar-refractivity contribution < 1.29 is 13.6 Å². The molecular weight excluding hydrogens is 368 g/mol. The molecule has 2 N–H and O–H groups in total. The summed E-state index contributed by atoms with van der Waals surface area (Å²) in [6.45, 7) is 0. The molecule has 7 heteroatoms. The van der Waals surface area contributed by atoms with Crippen molar-refractivity contribution in [2.45, 2.75) is 4.90 Å². The number of benzene rings is 2. The van der Waals surface area contributed by atoms with E-state index in [2.05, 4.69) is 14.7 Å². The predicted molar refractivity (Wildman–Crippen MR) is 102 cm³/mol. The Balaban J connectivity index is 1.61. The highest BCUT2D eigenvalue weighted by Crippen LogP contribution is 2.26. The molecule has 0 atom stereocenters. The number of aromatic amines is 1. The van der Waals surface area contributed by atoms with Crippen molar-refractivity contribution in [1.29, 1.82) is 0 Å². The fourth-order valence-electron chi connectivity index (χ4n) is 2.70. The van der Waals surface area contributed by atoms with Crippen LogP contribution in [0.1, 0.15) is 15.9 Å². The van der Waals surface area contributed by atoms with Crippen LogP contribution in [0.3, 0.4) is 0 Å². The van der Waals surface area contributed by atoms with Crippen LogP contribution < -0.4 is 4.72 Å². The first-order valence-electron chi connectivity index (χ1n) is 8.06. The number of hydrogen-bond acceptors (Lipinski definition) is 4. The second kappa shape index (κ2) is 7.20. The lowest BCUT2D eigenvalue weighted by Crippen LogP contribution is -2.04. The first-order chi connectivity index (χ1) is 13.1. The van der Waals surface area contributed by atoms with Gasteiger partial charge in [-0.1, -0.05) is 6.07 Å². The molecule has 4 aromatic rings. The van der Waals surface area contributed by atoms with Gasteiger partial charge in [0.25, 0.3) is 0 Å². The number of halogens is 2. The molecule has 4 rings (SSSR count). The van der Waals surface area contributed by atoms with Crippen molar-refractivity contribution in [2.24, 2.45) is 0 Å². The minimum Gasteiger partial charge on any atom is -0.345 e. The molecule has 27 heavy (non-hydrogen) atoms. The van der Waals surface area contributed by atoms with Gasteiger partial charge in [0.05, 0.1) is 5.56 Å². The average Bonchev–Trinajstić information content (AvgIpc) is 3.11. The lowest BCUT2D eigenvalue weighted by molar-refractivity contribution is 0.103. The Morgan fingerprint density at radius 3 is 2.78 bits per heavy atom. The van der Waals surface area contributed by atoms with Crippen molar-refractivity contribution in [2.75, 3.05) is 4.72 Å². The second-order valence-corrected chi connectivity index (χ2v) is 6.67. The van der Waals surface area contributed by atoms with Crippen molar-refractivity contribution in [3.05, 3.63) is 89.8 Å². The normalized spacial score (nSPS) is 10.9. The average molecular weight is 381 g/mol. The highest BCUT2D eigenvalue weighted by atomic mass is 32.2. The van der Waals surface area contributed by atoms with E-state index in [1.807, 2.05) is 0 Å². The quantitative estimate of drug-likeness (QED) is 0.369. The molecule has 0 saturated heterocycles. The monoisotopic (exact) mass is 381 g/mol. The number of hydrogen-bond donors (Lipinski definition) is 2. The molecule has 2 aromatic carbocycles. The number of rotatable bonds is 5. The molecule has 2 aromatic heterocycles. The Morgan fingerprint density at radius 1 is 1.04 bits per heavy atom. The maximum atomic E-state index is 14.3. The number of ketones is 1. The molecule has 4 nitrogen and oxygen atoms in total. The van der Waals surface area contributed by atoms with Gasteiger partial charge in [0, 0.05) is 33.9 Å². The van der Waals surface area contributed by atoms with Gasteiger partial charge in [-0.3, -0.25) is 4.79 Å². The molecule has 0 aliphatic heterocycles. The summed E-state index contributed by atoms with van der Waals surface area (Å²) in [5.41, 5.74) is 1.40. The number of nitrogens with one attached hydrogen (secondary N) is 2. The molecule has 0 radical (unpaired) electrons. The zero-order valence-corrected chi connectivity index (χ0v) is 14.7. The van der Waals surface area contributed by atoms with Crippen LogP contribution in [0.2, 0.25) is 0 Å². The van der Waals surface area contributed by atoms with Crippen LogP contribution in [0.15, 0.2) is 71.9 Å². The van der Waals surface area contributed by atoms with Crippen LogP contribution >= 0.6 is 11.9 Å². The summed E-state index contributed by atoms with van der Waals surface area (Å²) >= 11 is 1.17. The smallest absolute Gasteiger partial charge is 0.198 e. The minimum atomic E-state index is -0.612. The van der Waals surface area contributed by atoms with E-state index >= 15 is 0 Å². The molecule has 0 fully saturated rings. The third kappa shape index (κ3) is 3.54. The lowest BCUT2D eigenvalue weighted by atomic mass is 10.0. The molecular formula is C20H13F2N3OS. The Morgan fingerprint density at radius 2 is 1.93 bits per heavy atom. The fraction of sp³-hybridized carbons (Fsp3) is 0. The molecule has 0 amide bonds. The van der Waals surface area contributed by atoms with Gasteiger partial charge < -0.3 is 9.71 Å². The van der Waals surface area contributed by atoms with Crippen LogP contribution in [0.5, 0.6) is 0 Å². The zero-order chi connectivity index (χ0) is 18.8. The van der Waals surface area contributed by atoms with Crippen LogP contribution in [-0.4, -0.2) is 15.8 Å². The van der Waals surface area contributed by atoms with Gasteiger partial charge in [-0.15, -0.1) is 0 Å². The number of carbonyl (C=O) groups excluding carboxylic acids is 1. The zero-order valence-electron chi connectivity index (χ0n) is 13.9. The van der Waals surface area contributed by atoms with E-state index in [-0.39, 0.29) is 11.4 Å². The number of anilines is 1. The standard InChI is InChI=1S/C20H13F2N3OS/c21-12-3-1-4-14(9-12)27-25-13-6-7-18(22)16(10-13)19(26)17-11-24-20-15(17)5-2-8-23-20/h1-11,25H,(H,23,24). The van der Waals surface area contributed by atoms with E-state index in [1.54, 1.807) is 30.5 Å². The highest BCUT2D eigenvalue weighted by Gasteiger charge is 2.18. The van der Waals surface area contributed by atoms with Gasteiger partial charge in [-0.05, 0) is 60.5 Å². The Labute approximate surface area is 157 Å². The van der Waals surface area contributed by atoms with Crippen LogP contribution in [0.4, 0.5) is 14.5 Å². The third-order valence-electron chi connectivity index (χ3n) is 3.99. The highest BCUT2D eigenvalue weighted by molar-refractivity contribution is 8.00. The van der Waals surface area contributed by atoms with Gasteiger partial charge in [0.1, 0.15) is 17.3 Å². The summed E-state index contributed by atoms with van der Waals surface area (Å²) < 4.78 is 30.6. The summed E-state index contributed by atoms with van der Waals surface area (Å²) in [6, 6.07) is 13.8. The van der Waals surface area contributed by atoms with E-state index in [0.717, 1.165) is 0 Å². The Hall–Kier alpha value is -3.19. The van der Waals surface area contributed by atoms with Crippen molar-refractivity contribution in [1.82, 2.24) is 9.97 Å². The van der Waals surface area contributed by atoms with Gasteiger partial charge in [-0.25, -0.2) is 13.8 Å². The third-order valence-corrected chi connectivity index (χ3v) is 4.82. The topological polar surface area (TPSA) is 57.8 Å². The molecule has 134 valence electrons. The summed E-state index contributed by atoms with van der Waals surface area (Å²) in [6.07, 6.45) is 3.14. The molecule has 0 bridgehead atoms. The van der Waals surface area contributed by atoms with Gasteiger partial charge in [-0.2, -0.15) is 0 Å². The largest absolute Gasteiger partial charge is 0.345 e. The molecule has 0 saturated carbocycles. The molecule has 0 spiro atoms. The number of aromatic nitrogens is 2. The molecule has 2 heterocycles. The first kappa shape index (κ1) is 17.2. The second-order valence-electron chi connectivity index (χ2n) is 5.79. The van der Waals surface area contributed by atoms with Crippen molar-refractivity contribution in [3.8, 4) is 0 Å². The van der Waals surface area contributed by atoms with E-state index in [9.17, 15) is 13.6 Å². The maximum Gasteiger partial charge on any atom is 0.198 e. The molecule has 0 unspecified atom stereocenters. The number of nitrogens with zero attached hydrogens (tertiary/aromatic N) is 1. The first-order valence-corrected chi connectivity index (χ1v) is 8.88. The summed E-state index contributed by atoms with van der Waals surface area (Å²) in [4.78, 5) is 20.6. The minimum absolute atomic E-state index is 0.0513. The predicted octanol–water partition coefficient (Wildman–Crippen LogP) is 5.19. The summed E-state index contributed by atoms with van der Waals surface area (Å²) in [7, 11) is 0. The number of fused-ring (bicyclic) bond motifs is 1. The van der Waals surface area contributed by atoms with Crippen LogP contribution in [0.25, 0.3) is 11.0 Å². The Kier molecular flexibility index (Phi) is 4.60.